The number of amides is 1. The Morgan fingerprint density at radius 2 is 1.91 bits per heavy atom. The van der Waals surface area contributed by atoms with Gasteiger partial charge < -0.3 is 5.32 Å². The second kappa shape index (κ2) is 8.00. The van der Waals surface area contributed by atoms with Crippen molar-refractivity contribution >= 4 is 34.7 Å². The van der Waals surface area contributed by atoms with Gasteiger partial charge in [-0.05, 0) is 55.1 Å². The number of carbonyl (C=O) groups is 2. The summed E-state index contributed by atoms with van der Waals surface area (Å²) in [6, 6.07) is 16.3. The summed E-state index contributed by atoms with van der Waals surface area (Å²) >= 11 is 6.29. The predicted molar refractivity (Wildman–Crippen MR) is 124 cm³/mol. The van der Waals surface area contributed by atoms with Crippen LogP contribution in [0, 0.1) is 21.8 Å². The standard InChI is InChI=1S/C25H19ClFN3O4/c1-29-13-19(15-3-2-4-18(11-15)30(33)34)22(23(31)14-5-8-17(27)9-6-14)25(29)20-12-16(26)7-10-21(20)28-24(25)32/h2-12,19,22H,13H2,1H3,(H,28,32)/t19-,22+,25+/m0/s1. The number of fused-ring (bicyclic) bond motifs is 2. The summed E-state index contributed by atoms with van der Waals surface area (Å²) < 4.78 is 13.6. The molecule has 3 atom stereocenters. The van der Waals surface area contributed by atoms with Crippen LogP contribution >= 0.6 is 11.6 Å². The fourth-order valence-electron chi connectivity index (χ4n) is 5.37. The van der Waals surface area contributed by atoms with E-state index in [9.17, 15) is 24.1 Å². The van der Waals surface area contributed by atoms with Crippen molar-refractivity contribution in [2.75, 3.05) is 18.9 Å². The summed E-state index contributed by atoms with van der Waals surface area (Å²) in [7, 11) is 1.75. The van der Waals surface area contributed by atoms with Crippen LogP contribution in [-0.4, -0.2) is 35.1 Å². The Kier molecular flexibility index (Phi) is 5.22. The van der Waals surface area contributed by atoms with Crippen LogP contribution in [0.1, 0.15) is 27.4 Å². The van der Waals surface area contributed by atoms with E-state index in [-0.39, 0.29) is 29.5 Å². The van der Waals surface area contributed by atoms with Crippen molar-refractivity contribution in [1.82, 2.24) is 4.90 Å². The van der Waals surface area contributed by atoms with Crippen LogP contribution in [0.5, 0.6) is 0 Å². The molecule has 34 heavy (non-hydrogen) atoms. The zero-order valence-corrected chi connectivity index (χ0v) is 18.8. The Morgan fingerprint density at radius 1 is 1.18 bits per heavy atom. The molecule has 0 bridgehead atoms. The third-order valence-corrected chi connectivity index (χ3v) is 7.07. The van der Waals surface area contributed by atoms with Crippen LogP contribution in [0.2, 0.25) is 5.02 Å². The fraction of sp³-hybridized carbons (Fsp3) is 0.200. The molecule has 0 aromatic heterocycles. The number of Topliss-reactive ketones (excluding diaryl/α,β-unsaturated/α-hetero) is 1. The number of likely N-dealkylation sites (N-methyl/N-ethyl adjacent to an activating group) is 1. The van der Waals surface area contributed by atoms with Gasteiger partial charge >= 0.3 is 0 Å². The van der Waals surface area contributed by atoms with E-state index >= 15 is 0 Å². The number of hydrogen-bond acceptors (Lipinski definition) is 5. The monoisotopic (exact) mass is 479 g/mol. The number of nitrogens with one attached hydrogen (secondary N) is 1. The van der Waals surface area contributed by atoms with Gasteiger partial charge in [0.15, 0.2) is 5.78 Å². The van der Waals surface area contributed by atoms with Crippen LogP contribution in [0.4, 0.5) is 15.8 Å². The van der Waals surface area contributed by atoms with Gasteiger partial charge in [-0.25, -0.2) is 4.39 Å². The van der Waals surface area contributed by atoms with Crippen molar-refractivity contribution in [3.05, 3.63) is 104 Å². The summed E-state index contributed by atoms with van der Waals surface area (Å²) in [6.07, 6.45) is 0. The minimum absolute atomic E-state index is 0.103. The molecule has 2 heterocycles. The zero-order valence-electron chi connectivity index (χ0n) is 18.0. The molecule has 1 spiro atoms. The topological polar surface area (TPSA) is 92.5 Å². The fourth-order valence-corrected chi connectivity index (χ4v) is 5.55. The molecule has 1 fully saturated rings. The summed E-state index contributed by atoms with van der Waals surface area (Å²) in [5.74, 6) is -2.70. The number of anilines is 1. The quantitative estimate of drug-likeness (QED) is 0.331. The Hall–Kier alpha value is -3.62. The van der Waals surface area contributed by atoms with Crippen molar-refractivity contribution in [2.45, 2.75) is 11.5 Å². The van der Waals surface area contributed by atoms with E-state index in [1.54, 1.807) is 42.3 Å². The van der Waals surface area contributed by atoms with E-state index in [1.165, 1.54) is 36.4 Å². The van der Waals surface area contributed by atoms with E-state index < -0.39 is 28.1 Å². The van der Waals surface area contributed by atoms with Crippen LogP contribution in [0.3, 0.4) is 0 Å². The van der Waals surface area contributed by atoms with Gasteiger partial charge in [-0.2, -0.15) is 0 Å². The lowest BCUT2D eigenvalue weighted by atomic mass is 9.70. The van der Waals surface area contributed by atoms with Crippen LogP contribution in [0.25, 0.3) is 0 Å². The van der Waals surface area contributed by atoms with E-state index in [0.717, 1.165) is 0 Å². The van der Waals surface area contributed by atoms with Crippen LogP contribution in [0.15, 0.2) is 66.7 Å². The van der Waals surface area contributed by atoms with E-state index in [4.69, 9.17) is 11.6 Å². The third-order valence-electron chi connectivity index (χ3n) is 6.83. The number of nitro groups is 1. The van der Waals surface area contributed by atoms with Crippen LogP contribution < -0.4 is 5.32 Å². The highest BCUT2D eigenvalue weighted by atomic mass is 35.5. The average molecular weight is 480 g/mol. The zero-order chi connectivity index (χ0) is 24.2. The second-order valence-electron chi connectivity index (χ2n) is 8.60. The molecular weight excluding hydrogens is 461 g/mol. The lowest BCUT2D eigenvalue weighted by Crippen LogP contribution is -2.51. The number of halogens is 2. The highest BCUT2D eigenvalue weighted by molar-refractivity contribution is 6.31. The van der Waals surface area contributed by atoms with Crippen molar-refractivity contribution in [3.63, 3.8) is 0 Å². The molecule has 7 nitrogen and oxygen atoms in total. The minimum Gasteiger partial charge on any atom is -0.324 e. The first-order valence-electron chi connectivity index (χ1n) is 10.6. The molecule has 9 heteroatoms. The maximum atomic E-state index is 14.0. The number of ketones is 1. The Bertz CT molecular complexity index is 1350. The molecule has 5 rings (SSSR count). The molecule has 0 radical (unpaired) electrons. The summed E-state index contributed by atoms with van der Waals surface area (Å²) in [6.45, 7) is 0.290. The number of benzene rings is 3. The van der Waals surface area contributed by atoms with Gasteiger partial charge in [-0.3, -0.25) is 24.6 Å². The average Bonchev–Trinajstić information content (AvgIpc) is 3.29. The first-order chi connectivity index (χ1) is 16.2. The SMILES string of the molecule is CN1C[C@@H](c2cccc([N+](=O)[O-])c2)[C@H](C(=O)c2ccc(F)cc2)[C@]12C(=O)Nc1ccc(Cl)cc12. The van der Waals surface area contributed by atoms with Crippen molar-refractivity contribution in [3.8, 4) is 0 Å². The first kappa shape index (κ1) is 22.2. The predicted octanol–water partition coefficient (Wildman–Crippen LogP) is 4.76. The van der Waals surface area contributed by atoms with E-state index in [1.807, 2.05) is 0 Å². The van der Waals surface area contributed by atoms with Gasteiger partial charge in [-0.1, -0.05) is 23.7 Å². The first-order valence-corrected chi connectivity index (χ1v) is 11.0. The Morgan fingerprint density at radius 3 is 2.62 bits per heavy atom. The number of non-ortho nitro benzene ring substituents is 1. The second-order valence-corrected chi connectivity index (χ2v) is 9.03. The molecular formula is C25H19ClFN3O4. The summed E-state index contributed by atoms with van der Waals surface area (Å²) in [5.41, 5.74) is 0.453. The van der Waals surface area contributed by atoms with Crippen molar-refractivity contribution in [1.29, 1.82) is 0 Å². The molecule has 1 N–H and O–H groups in total. The van der Waals surface area contributed by atoms with Crippen molar-refractivity contribution in [2.24, 2.45) is 5.92 Å². The normalized spacial score (nSPS) is 23.7. The van der Waals surface area contributed by atoms with Gasteiger partial charge in [0.1, 0.15) is 11.4 Å². The Labute approximate surface area is 199 Å². The summed E-state index contributed by atoms with van der Waals surface area (Å²) in [4.78, 5) is 40.4. The smallest absolute Gasteiger partial charge is 0.269 e. The molecule has 3 aromatic carbocycles. The molecule has 2 aliphatic rings. The lowest BCUT2D eigenvalue weighted by molar-refractivity contribution is -0.384. The number of carbonyl (C=O) groups excluding carboxylic acids is 2. The number of rotatable bonds is 4. The number of likely N-dealkylation sites (tertiary alicyclic amines) is 1. The molecule has 172 valence electrons. The minimum atomic E-state index is -1.39. The maximum absolute atomic E-state index is 14.0. The highest BCUT2D eigenvalue weighted by Crippen LogP contribution is 2.56. The lowest BCUT2D eigenvalue weighted by Gasteiger charge is -2.35. The molecule has 3 aromatic rings. The molecule has 1 saturated heterocycles. The molecule has 2 aliphatic heterocycles. The number of nitro benzene ring substituents is 1. The molecule has 0 saturated carbocycles. The maximum Gasteiger partial charge on any atom is 0.269 e. The van der Waals surface area contributed by atoms with Gasteiger partial charge in [0.05, 0.1) is 10.8 Å². The molecule has 1 amide bonds. The van der Waals surface area contributed by atoms with Crippen molar-refractivity contribution < 1.29 is 18.9 Å². The molecule has 0 unspecified atom stereocenters. The summed E-state index contributed by atoms with van der Waals surface area (Å²) in [5, 5.41) is 14.7. The highest BCUT2D eigenvalue weighted by Gasteiger charge is 2.64. The van der Waals surface area contributed by atoms with E-state index in [2.05, 4.69) is 5.32 Å². The van der Waals surface area contributed by atoms with Gasteiger partial charge in [0, 0.05) is 46.4 Å². The van der Waals surface area contributed by atoms with Gasteiger partial charge in [0.2, 0.25) is 5.91 Å². The number of nitrogens with zero attached hydrogens (tertiary/aromatic N) is 2. The van der Waals surface area contributed by atoms with Gasteiger partial charge in [0.25, 0.3) is 5.69 Å². The number of hydrogen-bond donors (Lipinski definition) is 1. The molecule has 0 aliphatic carbocycles. The largest absolute Gasteiger partial charge is 0.324 e. The third kappa shape index (κ3) is 3.21. The van der Waals surface area contributed by atoms with Crippen LogP contribution in [-0.2, 0) is 10.3 Å². The van der Waals surface area contributed by atoms with Gasteiger partial charge in [-0.15, -0.1) is 0 Å². The van der Waals surface area contributed by atoms with E-state index in [0.29, 0.717) is 21.8 Å². The Balaban J connectivity index is 1.74.